The number of aryl methyl sites for hydroxylation is 1. The van der Waals surface area contributed by atoms with Crippen LogP contribution in [0.3, 0.4) is 0 Å². The van der Waals surface area contributed by atoms with Crippen molar-refractivity contribution in [2.75, 3.05) is 20.3 Å². The van der Waals surface area contributed by atoms with E-state index in [2.05, 4.69) is 17.6 Å². The number of nitrogens with one attached hydrogen (secondary N) is 2. The van der Waals surface area contributed by atoms with Crippen molar-refractivity contribution in [1.82, 2.24) is 10.6 Å². The number of aliphatic hydroxyl groups is 5. The Morgan fingerprint density at radius 1 is 0.933 bits per heavy atom. The van der Waals surface area contributed by atoms with Crippen molar-refractivity contribution in [2.45, 2.75) is 151 Å². The molecule has 1 aromatic rings. The van der Waals surface area contributed by atoms with Gasteiger partial charge in [-0.05, 0) is 85.5 Å². The van der Waals surface area contributed by atoms with Gasteiger partial charge in [0.15, 0.2) is 12.4 Å². The Bertz CT molecular complexity index is 1750. The number of ether oxygens (including phenoxy) is 6. The Hall–Kier alpha value is -3.79. The van der Waals surface area contributed by atoms with Gasteiger partial charge < -0.3 is 69.7 Å². The lowest BCUT2D eigenvalue weighted by Gasteiger charge is -2.49. The van der Waals surface area contributed by atoms with Gasteiger partial charge in [0.25, 0.3) is 0 Å². The SMILES string of the molecule is COC1C(C(=O)O)OC(OC2C(O)C(COC(=O)CCNC(=O)CCC(=O)Oc3ccc4c(c3)CC[C@@H]3[C@@H]4CC[C@]4(C)[C@@H](O)[C@H](O)C[C@@H]34)OC(C)C2NC(C)=O)C(O)C1O. The number of rotatable bonds is 14. The van der Waals surface area contributed by atoms with Gasteiger partial charge in [0.1, 0.15) is 49.0 Å². The van der Waals surface area contributed by atoms with E-state index in [0.29, 0.717) is 24.0 Å². The first-order valence-corrected chi connectivity index (χ1v) is 20.6. The van der Waals surface area contributed by atoms with Crippen molar-refractivity contribution in [3.05, 3.63) is 29.3 Å². The molecule has 4 fully saturated rings. The number of aliphatic carboxylic acids is 1. The van der Waals surface area contributed by atoms with E-state index in [0.717, 1.165) is 38.4 Å². The van der Waals surface area contributed by atoms with E-state index in [-0.39, 0.29) is 37.1 Å². The lowest BCUT2D eigenvalue weighted by atomic mass is 9.55. The van der Waals surface area contributed by atoms with Crippen LogP contribution in [0.1, 0.15) is 82.8 Å². The van der Waals surface area contributed by atoms with Crippen LogP contribution < -0.4 is 15.4 Å². The number of carbonyl (C=O) groups excluding carboxylic acids is 4. The molecule has 3 aliphatic carbocycles. The molecule has 2 aliphatic heterocycles. The molecule has 60 heavy (non-hydrogen) atoms. The summed E-state index contributed by atoms with van der Waals surface area (Å²) >= 11 is 0. The molecule has 6 rings (SSSR count). The van der Waals surface area contributed by atoms with E-state index in [1.807, 2.05) is 12.1 Å². The van der Waals surface area contributed by atoms with Crippen LogP contribution in [-0.2, 0) is 54.1 Å². The van der Waals surface area contributed by atoms with Crippen molar-refractivity contribution in [3.8, 4) is 5.75 Å². The first-order chi connectivity index (χ1) is 28.4. The van der Waals surface area contributed by atoms with Crippen LogP contribution in [-0.4, -0.2) is 154 Å². The van der Waals surface area contributed by atoms with Crippen molar-refractivity contribution in [1.29, 1.82) is 0 Å². The molecule has 0 spiro atoms. The summed E-state index contributed by atoms with van der Waals surface area (Å²) in [6, 6.07) is 4.59. The van der Waals surface area contributed by atoms with Gasteiger partial charge in [-0.25, -0.2) is 4.79 Å². The maximum absolute atomic E-state index is 12.7. The van der Waals surface area contributed by atoms with E-state index < -0.39 is 110 Å². The van der Waals surface area contributed by atoms with Gasteiger partial charge in [0.05, 0.1) is 37.2 Å². The average Bonchev–Trinajstić information content (AvgIpc) is 3.44. The number of methoxy groups -OCH3 is 1. The van der Waals surface area contributed by atoms with Crippen LogP contribution in [0.4, 0.5) is 0 Å². The number of benzene rings is 1. The molecular weight excluding hydrogens is 792 g/mol. The highest BCUT2D eigenvalue weighted by atomic mass is 16.7. The van der Waals surface area contributed by atoms with Gasteiger partial charge in [-0.3, -0.25) is 19.2 Å². The van der Waals surface area contributed by atoms with Crippen LogP contribution in [0, 0.1) is 17.3 Å². The minimum absolute atomic E-state index is 0.120. The molecule has 8 N–H and O–H groups in total. The molecule has 334 valence electrons. The number of hydrogen-bond acceptors (Lipinski definition) is 16. The predicted octanol–water partition coefficient (Wildman–Crippen LogP) is -0.806. The normalized spacial score (nSPS) is 38.4. The summed E-state index contributed by atoms with van der Waals surface area (Å²) in [7, 11) is 1.13. The van der Waals surface area contributed by atoms with E-state index >= 15 is 0 Å². The van der Waals surface area contributed by atoms with Gasteiger partial charge in [-0.1, -0.05) is 13.0 Å². The minimum Gasteiger partial charge on any atom is -0.479 e. The number of fused-ring (bicyclic) bond motifs is 5. The standard InChI is InChI=1S/C41H58N2O17/c1-18-31(43-19(2)44)35(59-40-34(51)33(50)36(55-4)37(60-40)39(53)54)32(49)27(57-18)17-56-29(47)12-14-42-28(46)9-10-30(48)58-21-6-8-22-20(15-21)5-7-24-23(22)11-13-41(3)25(24)16-26(45)38(41)52/h6,8,15,18,23-27,31-38,40,45,49-52H,5,7,9-14,16-17H2,1-4H3,(H,42,46)(H,43,44)(H,53,54)/t18?,23-,24-,25+,26-,27?,31?,32?,33?,34?,35?,36?,37?,38+,40?,41+/m1/s1. The maximum Gasteiger partial charge on any atom is 0.335 e. The number of carboxylic acid groups (broad SMARTS) is 1. The minimum atomic E-state index is -1.81. The third-order valence-electron chi connectivity index (χ3n) is 13.2. The summed E-state index contributed by atoms with van der Waals surface area (Å²) in [6.45, 7) is 4.24. The number of amides is 2. The van der Waals surface area contributed by atoms with Crippen LogP contribution in [0.25, 0.3) is 0 Å². The number of hydrogen-bond donors (Lipinski definition) is 8. The monoisotopic (exact) mass is 850 g/mol. The van der Waals surface area contributed by atoms with Crippen molar-refractivity contribution < 1.29 is 83.0 Å². The summed E-state index contributed by atoms with van der Waals surface area (Å²) in [5, 5.41) is 68.3. The fraction of sp³-hybridized carbons (Fsp3) is 0.732. The average molecular weight is 851 g/mol. The molecule has 2 heterocycles. The quantitative estimate of drug-likeness (QED) is 0.0840. The Morgan fingerprint density at radius 2 is 1.68 bits per heavy atom. The summed E-state index contributed by atoms with van der Waals surface area (Å²) in [6.07, 6.45) is -11.6. The van der Waals surface area contributed by atoms with Gasteiger partial charge in [0.2, 0.25) is 11.8 Å². The first kappa shape index (κ1) is 45.7. The van der Waals surface area contributed by atoms with Gasteiger partial charge in [-0.2, -0.15) is 0 Å². The highest BCUT2D eigenvalue weighted by molar-refractivity contribution is 5.82. The molecule has 19 nitrogen and oxygen atoms in total. The van der Waals surface area contributed by atoms with E-state index in [9.17, 15) is 54.6 Å². The fourth-order valence-electron chi connectivity index (χ4n) is 10.1. The van der Waals surface area contributed by atoms with E-state index in [4.69, 9.17) is 28.4 Å². The number of carbonyl (C=O) groups is 5. The first-order valence-electron chi connectivity index (χ1n) is 20.6. The lowest BCUT2D eigenvalue weighted by Crippen LogP contribution is -2.67. The van der Waals surface area contributed by atoms with Gasteiger partial charge in [-0.15, -0.1) is 0 Å². The summed E-state index contributed by atoms with van der Waals surface area (Å²) in [5.41, 5.74) is 2.06. The molecule has 19 heteroatoms. The van der Waals surface area contributed by atoms with Crippen LogP contribution in [0.15, 0.2) is 18.2 Å². The van der Waals surface area contributed by atoms with Crippen molar-refractivity contribution in [2.24, 2.45) is 17.3 Å². The smallest absolute Gasteiger partial charge is 0.335 e. The molecular formula is C41H58N2O17. The molecule has 0 bridgehead atoms. The van der Waals surface area contributed by atoms with Crippen LogP contribution in [0.5, 0.6) is 5.75 Å². The highest BCUT2D eigenvalue weighted by Gasteiger charge is 2.58. The molecule has 0 aromatic heterocycles. The van der Waals surface area contributed by atoms with E-state index in [1.54, 1.807) is 13.0 Å². The zero-order chi connectivity index (χ0) is 43.6. The third kappa shape index (κ3) is 9.64. The number of esters is 2. The van der Waals surface area contributed by atoms with Crippen LogP contribution >= 0.6 is 0 Å². The Balaban J connectivity index is 0.931. The second-order valence-electron chi connectivity index (χ2n) is 17.0. The Labute approximate surface area is 347 Å². The summed E-state index contributed by atoms with van der Waals surface area (Å²) in [4.78, 5) is 61.6. The number of aliphatic hydroxyl groups excluding tert-OH is 5. The molecule has 0 radical (unpaired) electrons. The third-order valence-corrected chi connectivity index (χ3v) is 13.2. The largest absolute Gasteiger partial charge is 0.479 e. The summed E-state index contributed by atoms with van der Waals surface area (Å²) < 4.78 is 32.9. The molecule has 16 atom stereocenters. The topological polar surface area (TPSA) is 286 Å². The van der Waals surface area contributed by atoms with E-state index in [1.165, 1.54) is 12.5 Å². The fourth-order valence-corrected chi connectivity index (χ4v) is 10.1. The van der Waals surface area contributed by atoms with Gasteiger partial charge in [0, 0.05) is 27.0 Å². The second kappa shape index (κ2) is 19.1. The van der Waals surface area contributed by atoms with Crippen molar-refractivity contribution >= 4 is 29.7 Å². The van der Waals surface area contributed by atoms with Crippen molar-refractivity contribution in [3.63, 3.8) is 0 Å². The highest BCUT2D eigenvalue weighted by Crippen LogP contribution is 2.61. The number of carboxylic acids is 1. The Kier molecular flexibility index (Phi) is 14.5. The second-order valence-corrected chi connectivity index (χ2v) is 17.0. The lowest BCUT2D eigenvalue weighted by molar-refractivity contribution is -0.327. The van der Waals surface area contributed by atoms with Gasteiger partial charge >= 0.3 is 17.9 Å². The van der Waals surface area contributed by atoms with Crippen LogP contribution in [0.2, 0.25) is 0 Å². The zero-order valence-corrected chi connectivity index (χ0v) is 34.1. The Morgan fingerprint density at radius 3 is 2.38 bits per heavy atom. The molecule has 1 aromatic carbocycles. The molecule has 2 saturated heterocycles. The predicted molar refractivity (Wildman–Crippen MR) is 204 cm³/mol. The zero-order valence-electron chi connectivity index (χ0n) is 34.1. The molecule has 5 aliphatic rings. The molecule has 10 unspecified atom stereocenters. The maximum atomic E-state index is 12.7. The summed E-state index contributed by atoms with van der Waals surface area (Å²) in [5.74, 6) is -2.55. The molecule has 2 amide bonds. The molecule has 2 saturated carbocycles.